The summed E-state index contributed by atoms with van der Waals surface area (Å²) in [6.45, 7) is 6.70. The quantitative estimate of drug-likeness (QED) is 0.777. The van der Waals surface area contributed by atoms with Gasteiger partial charge in [0.15, 0.2) is 0 Å². The minimum Gasteiger partial charge on any atom is -0.332 e. The first-order valence-electron chi connectivity index (χ1n) is 5.51. The molecule has 1 N–H and O–H groups in total. The zero-order valence-electron chi connectivity index (χ0n) is 9.03. The Hall–Kier alpha value is -0.830. The molecule has 1 aromatic heterocycles. The van der Waals surface area contributed by atoms with Gasteiger partial charge in [0.1, 0.15) is 0 Å². The third-order valence-corrected chi connectivity index (χ3v) is 2.97. The second-order valence-corrected chi connectivity index (χ2v) is 4.36. The second-order valence-electron chi connectivity index (χ2n) is 4.36. The van der Waals surface area contributed by atoms with E-state index in [9.17, 15) is 0 Å². The number of nitrogens with one attached hydrogen (secondary N) is 1. The lowest BCUT2D eigenvalue weighted by molar-refractivity contribution is 0.431. The monoisotopic (exact) mass is 193 g/mol. The van der Waals surface area contributed by atoms with E-state index in [1.807, 2.05) is 12.5 Å². The molecule has 1 aliphatic rings. The van der Waals surface area contributed by atoms with Gasteiger partial charge in [-0.2, -0.15) is 0 Å². The van der Waals surface area contributed by atoms with Gasteiger partial charge >= 0.3 is 0 Å². The molecule has 1 unspecified atom stereocenters. The van der Waals surface area contributed by atoms with E-state index >= 15 is 0 Å². The van der Waals surface area contributed by atoms with Gasteiger partial charge in [-0.15, -0.1) is 0 Å². The smallest absolute Gasteiger partial charge is 0.0950 e. The maximum Gasteiger partial charge on any atom is 0.0950 e. The fourth-order valence-electron chi connectivity index (χ4n) is 2.17. The summed E-state index contributed by atoms with van der Waals surface area (Å²) in [5.74, 6) is 0.661. The average Bonchev–Trinajstić information content (AvgIpc) is 2.67. The lowest BCUT2D eigenvalue weighted by Crippen LogP contribution is -2.29. The van der Waals surface area contributed by atoms with Crippen LogP contribution in [0.5, 0.6) is 0 Å². The summed E-state index contributed by atoms with van der Waals surface area (Å²) >= 11 is 0. The highest BCUT2D eigenvalue weighted by Gasteiger charge is 2.19. The number of rotatable bonds is 2. The molecule has 14 heavy (non-hydrogen) atoms. The van der Waals surface area contributed by atoms with E-state index in [1.54, 1.807) is 0 Å². The number of piperidine rings is 1. The first-order chi connectivity index (χ1) is 6.79. The lowest BCUT2D eigenvalue weighted by atomic mass is 9.96. The van der Waals surface area contributed by atoms with Gasteiger partial charge in [-0.1, -0.05) is 0 Å². The molecule has 1 saturated heterocycles. The van der Waals surface area contributed by atoms with E-state index in [0.717, 1.165) is 6.54 Å². The van der Waals surface area contributed by atoms with Gasteiger partial charge in [0.2, 0.25) is 0 Å². The van der Waals surface area contributed by atoms with Crippen LogP contribution < -0.4 is 5.32 Å². The van der Waals surface area contributed by atoms with Crippen LogP contribution in [0.4, 0.5) is 0 Å². The van der Waals surface area contributed by atoms with Crippen molar-refractivity contribution in [1.29, 1.82) is 0 Å². The highest BCUT2D eigenvalue weighted by Crippen LogP contribution is 2.24. The Labute approximate surface area is 85.5 Å². The molecule has 1 aliphatic heterocycles. The largest absolute Gasteiger partial charge is 0.332 e. The van der Waals surface area contributed by atoms with Crippen LogP contribution in [0.15, 0.2) is 12.5 Å². The van der Waals surface area contributed by atoms with Crippen LogP contribution in [-0.2, 0) is 0 Å². The fourth-order valence-corrected chi connectivity index (χ4v) is 2.17. The highest BCUT2D eigenvalue weighted by atomic mass is 15.1. The lowest BCUT2D eigenvalue weighted by Gasteiger charge is -2.24. The summed E-state index contributed by atoms with van der Waals surface area (Å²) in [5, 5.41) is 3.45. The average molecular weight is 193 g/mol. The molecule has 2 heterocycles. The van der Waals surface area contributed by atoms with Crippen molar-refractivity contribution in [3.05, 3.63) is 18.2 Å². The molecule has 0 amide bonds. The second kappa shape index (κ2) is 4.13. The summed E-state index contributed by atoms with van der Waals surface area (Å²) in [4.78, 5) is 4.25. The predicted octanol–water partition coefficient (Wildman–Crippen LogP) is 1.93. The molecule has 78 valence electrons. The van der Waals surface area contributed by atoms with E-state index in [0.29, 0.717) is 12.0 Å². The molecule has 0 bridgehead atoms. The van der Waals surface area contributed by atoms with E-state index in [-0.39, 0.29) is 0 Å². The molecule has 3 nitrogen and oxygen atoms in total. The fraction of sp³-hybridized carbons (Fsp3) is 0.727. The van der Waals surface area contributed by atoms with Crippen molar-refractivity contribution in [1.82, 2.24) is 14.9 Å². The Morgan fingerprint density at radius 3 is 3.07 bits per heavy atom. The van der Waals surface area contributed by atoms with E-state index < -0.39 is 0 Å². The van der Waals surface area contributed by atoms with Crippen LogP contribution >= 0.6 is 0 Å². The zero-order valence-corrected chi connectivity index (χ0v) is 9.03. The van der Waals surface area contributed by atoms with Crippen LogP contribution in [0.1, 0.15) is 44.3 Å². The first-order valence-corrected chi connectivity index (χ1v) is 5.51. The van der Waals surface area contributed by atoms with Crippen LogP contribution in [0.2, 0.25) is 0 Å². The van der Waals surface area contributed by atoms with E-state index in [2.05, 4.69) is 28.7 Å². The Kier molecular flexibility index (Phi) is 2.87. The molecule has 0 saturated carbocycles. The maximum atomic E-state index is 4.25. The number of nitrogens with zero attached hydrogens (tertiary/aromatic N) is 2. The van der Waals surface area contributed by atoms with Gasteiger partial charge in [0, 0.05) is 30.4 Å². The van der Waals surface area contributed by atoms with Gasteiger partial charge in [-0.05, 0) is 33.2 Å². The predicted molar refractivity (Wildman–Crippen MR) is 57.5 cm³/mol. The van der Waals surface area contributed by atoms with Crippen molar-refractivity contribution in [2.75, 3.05) is 13.1 Å². The SMILES string of the molecule is CC(C)n1cncc1C1CCCNC1. The molecular formula is C11H19N3. The summed E-state index contributed by atoms with van der Waals surface area (Å²) in [7, 11) is 0. The molecule has 0 radical (unpaired) electrons. The molecule has 1 aromatic rings. The highest BCUT2D eigenvalue weighted by molar-refractivity contribution is 5.09. The van der Waals surface area contributed by atoms with Crippen molar-refractivity contribution in [3.8, 4) is 0 Å². The minimum atomic E-state index is 0.523. The molecule has 0 spiro atoms. The number of hydrogen-bond acceptors (Lipinski definition) is 2. The summed E-state index contributed by atoms with van der Waals surface area (Å²) in [6, 6.07) is 0.523. The third-order valence-electron chi connectivity index (χ3n) is 2.97. The van der Waals surface area contributed by atoms with Gasteiger partial charge < -0.3 is 9.88 Å². The van der Waals surface area contributed by atoms with Gasteiger partial charge in [0.25, 0.3) is 0 Å². The number of aromatic nitrogens is 2. The normalized spacial score (nSPS) is 22.9. The topological polar surface area (TPSA) is 29.9 Å². The molecule has 1 fully saturated rings. The van der Waals surface area contributed by atoms with Gasteiger partial charge in [-0.3, -0.25) is 0 Å². The van der Waals surface area contributed by atoms with Crippen LogP contribution in [0.25, 0.3) is 0 Å². The Bertz CT molecular complexity index is 284. The maximum absolute atomic E-state index is 4.25. The van der Waals surface area contributed by atoms with Crippen molar-refractivity contribution < 1.29 is 0 Å². The standard InChI is InChI=1S/C11H19N3/c1-9(2)14-8-13-7-11(14)10-4-3-5-12-6-10/h7-10,12H,3-6H2,1-2H3. The minimum absolute atomic E-state index is 0.523. The molecular weight excluding hydrogens is 174 g/mol. The van der Waals surface area contributed by atoms with Crippen LogP contribution in [-0.4, -0.2) is 22.6 Å². The van der Waals surface area contributed by atoms with E-state index in [1.165, 1.54) is 25.1 Å². The van der Waals surface area contributed by atoms with Crippen molar-refractivity contribution >= 4 is 0 Å². The van der Waals surface area contributed by atoms with Gasteiger partial charge in [-0.25, -0.2) is 4.98 Å². The van der Waals surface area contributed by atoms with Crippen molar-refractivity contribution in [3.63, 3.8) is 0 Å². The molecule has 0 aromatic carbocycles. The van der Waals surface area contributed by atoms with Crippen molar-refractivity contribution in [2.45, 2.75) is 38.6 Å². The Morgan fingerprint density at radius 1 is 1.57 bits per heavy atom. The molecule has 3 heteroatoms. The Balaban J connectivity index is 2.17. The van der Waals surface area contributed by atoms with E-state index in [4.69, 9.17) is 0 Å². The van der Waals surface area contributed by atoms with Crippen LogP contribution in [0.3, 0.4) is 0 Å². The summed E-state index contributed by atoms with van der Waals surface area (Å²) in [6.07, 6.45) is 6.56. The number of imidazole rings is 1. The molecule has 0 aliphatic carbocycles. The van der Waals surface area contributed by atoms with Gasteiger partial charge in [0.05, 0.1) is 6.33 Å². The molecule has 1 atom stereocenters. The summed E-state index contributed by atoms with van der Waals surface area (Å²) < 4.78 is 2.29. The Morgan fingerprint density at radius 2 is 2.43 bits per heavy atom. The third kappa shape index (κ3) is 1.82. The first kappa shape index (κ1) is 9.71. The molecule has 2 rings (SSSR count). The van der Waals surface area contributed by atoms with Crippen LogP contribution in [0, 0.1) is 0 Å². The zero-order chi connectivity index (χ0) is 9.97. The van der Waals surface area contributed by atoms with Crippen molar-refractivity contribution in [2.24, 2.45) is 0 Å². The summed E-state index contributed by atoms with van der Waals surface area (Å²) in [5.41, 5.74) is 1.40. The number of hydrogen-bond donors (Lipinski definition) is 1.